The van der Waals surface area contributed by atoms with Crippen molar-refractivity contribution in [2.24, 2.45) is 0 Å². The maximum absolute atomic E-state index is 12.2. The number of carbonyl (C=O) groups is 1. The van der Waals surface area contributed by atoms with Gasteiger partial charge in [-0.15, -0.1) is 0 Å². The number of aliphatic hydroxyl groups is 2. The average Bonchev–Trinajstić information content (AvgIpc) is 3.05. The molecule has 3 rings (SSSR count). The lowest BCUT2D eigenvalue weighted by atomic mass is 10.1. The minimum atomic E-state index is -1.52. The molecule has 1 aromatic carbocycles. The van der Waals surface area contributed by atoms with Gasteiger partial charge in [0.05, 0.1) is 0 Å². The first-order valence-electron chi connectivity index (χ1n) is 8.17. The van der Waals surface area contributed by atoms with Crippen LogP contribution in [0.25, 0.3) is 6.08 Å². The Morgan fingerprint density at radius 2 is 2.04 bits per heavy atom. The monoisotopic (exact) mass is 349 g/mol. The van der Waals surface area contributed by atoms with E-state index in [0.29, 0.717) is 0 Å². The number of benzene rings is 1. The van der Waals surface area contributed by atoms with Crippen LogP contribution in [0.3, 0.4) is 0 Å². The molecule has 2 fully saturated rings. The van der Waals surface area contributed by atoms with Crippen molar-refractivity contribution in [2.45, 2.75) is 56.9 Å². The fraction of sp³-hybridized carbons (Fsp3) is 0.500. The highest BCUT2D eigenvalue weighted by Crippen LogP contribution is 2.38. The van der Waals surface area contributed by atoms with Crippen molar-refractivity contribution in [2.75, 3.05) is 0 Å². The molecule has 7 heteroatoms. The number of fused-ring (bicyclic) bond motifs is 1. The Labute approximate surface area is 146 Å². The molecule has 0 bridgehead atoms. The summed E-state index contributed by atoms with van der Waals surface area (Å²) >= 11 is 0. The molecule has 0 aromatic heterocycles. The fourth-order valence-electron chi connectivity index (χ4n) is 2.99. The second-order valence-electron chi connectivity index (χ2n) is 6.67. The van der Waals surface area contributed by atoms with E-state index in [2.05, 4.69) is 11.9 Å². The van der Waals surface area contributed by atoms with Crippen LogP contribution in [0.1, 0.15) is 25.0 Å². The average molecular weight is 349 g/mol. The van der Waals surface area contributed by atoms with E-state index >= 15 is 0 Å². The van der Waals surface area contributed by atoms with E-state index in [0.717, 1.165) is 11.1 Å². The number of aliphatic hydroxyl groups excluding tert-OH is 2. The topological polar surface area (TPSA) is 97.3 Å². The molecular weight excluding hydrogens is 326 g/mol. The second kappa shape index (κ2) is 6.86. The van der Waals surface area contributed by atoms with Gasteiger partial charge < -0.3 is 29.7 Å². The predicted molar refractivity (Wildman–Crippen MR) is 89.1 cm³/mol. The summed E-state index contributed by atoms with van der Waals surface area (Å²) in [6.07, 6.45) is -3.58. The highest BCUT2D eigenvalue weighted by molar-refractivity contribution is 5.81. The Bertz CT molecular complexity index is 643. The number of carbonyl (C=O) groups excluding carboxylic acids is 1. The van der Waals surface area contributed by atoms with Gasteiger partial charge in [0.25, 0.3) is 5.91 Å². The summed E-state index contributed by atoms with van der Waals surface area (Å²) in [6.45, 7) is 7.35. The fourth-order valence-corrected chi connectivity index (χ4v) is 2.99. The molecular formula is C18H23NO6. The van der Waals surface area contributed by atoms with Gasteiger partial charge in [0, 0.05) is 6.54 Å². The number of rotatable bonds is 5. The molecule has 0 aliphatic carbocycles. The number of hydrogen-bond donors (Lipinski definition) is 3. The summed E-state index contributed by atoms with van der Waals surface area (Å²) in [5, 5.41) is 23.1. The zero-order valence-electron chi connectivity index (χ0n) is 14.2. The molecule has 1 aromatic rings. The predicted octanol–water partition coefficient (Wildman–Crippen LogP) is 0.544. The Balaban J connectivity index is 1.55. The highest BCUT2D eigenvalue weighted by atomic mass is 16.8. The summed E-state index contributed by atoms with van der Waals surface area (Å²) in [5.74, 6) is -1.50. The molecule has 25 heavy (non-hydrogen) atoms. The SMILES string of the molecule is C=Cc1ccc(CNC(=O)[C@@H](O)C2O[C@@H]3OC(C)(C)O[C@@H]3[C@H]2O)cc1. The summed E-state index contributed by atoms with van der Waals surface area (Å²) < 4.78 is 16.5. The Hall–Kier alpha value is -1.77. The molecule has 136 valence electrons. The van der Waals surface area contributed by atoms with Gasteiger partial charge in [-0.2, -0.15) is 0 Å². The summed E-state index contributed by atoms with van der Waals surface area (Å²) in [4.78, 5) is 12.2. The Morgan fingerprint density at radius 1 is 1.36 bits per heavy atom. The van der Waals surface area contributed by atoms with E-state index in [1.54, 1.807) is 19.9 Å². The van der Waals surface area contributed by atoms with E-state index in [9.17, 15) is 15.0 Å². The van der Waals surface area contributed by atoms with Gasteiger partial charge in [-0.05, 0) is 25.0 Å². The lowest BCUT2D eigenvalue weighted by Crippen LogP contribution is -2.48. The molecule has 0 saturated carbocycles. The molecule has 2 aliphatic rings. The maximum Gasteiger partial charge on any atom is 0.251 e. The van der Waals surface area contributed by atoms with Gasteiger partial charge >= 0.3 is 0 Å². The lowest BCUT2D eigenvalue weighted by molar-refractivity contribution is -0.225. The zero-order valence-corrected chi connectivity index (χ0v) is 14.2. The lowest BCUT2D eigenvalue weighted by Gasteiger charge is -2.25. The van der Waals surface area contributed by atoms with Gasteiger partial charge in [0.15, 0.2) is 18.2 Å². The van der Waals surface area contributed by atoms with Crippen LogP contribution in [0.4, 0.5) is 0 Å². The van der Waals surface area contributed by atoms with E-state index in [4.69, 9.17) is 14.2 Å². The normalized spacial score (nSPS) is 31.4. The van der Waals surface area contributed by atoms with Crippen molar-refractivity contribution in [3.63, 3.8) is 0 Å². The largest absolute Gasteiger partial charge is 0.387 e. The van der Waals surface area contributed by atoms with Crippen LogP contribution in [-0.2, 0) is 25.5 Å². The number of ether oxygens (including phenoxy) is 3. The molecule has 2 saturated heterocycles. The number of hydrogen-bond acceptors (Lipinski definition) is 6. The van der Waals surface area contributed by atoms with Gasteiger partial charge in [-0.3, -0.25) is 4.79 Å². The van der Waals surface area contributed by atoms with Crippen LogP contribution < -0.4 is 5.32 Å². The first kappa shape index (κ1) is 18.0. The third kappa shape index (κ3) is 3.75. The maximum atomic E-state index is 12.2. The van der Waals surface area contributed by atoms with Crippen molar-refractivity contribution in [3.05, 3.63) is 42.0 Å². The standard InChI is InChI=1S/C18H23NO6/c1-4-10-5-7-11(8-6-10)9-19-16(22)13(21)14-12(20)15-17(23-14)25-18(2,3)24-15/h4-8,12-15,17,20-21H,1,9H2,2-3H3,(H,19,22)/t12-,13-,14?,15+,17+/m0/s1. The number of nitrogens with one attached hydrogen (secondary N) is 1. The van der Waals surface area contributed by atoms with Gasteiger partial charge in [-0.25, -0.2) is 0 Å². The first-order valence-corrected chi connectivity index (χ1v) is 8.17. The smallest absolute Gasteiger partial charge is 0.251 e. The van der Waals surface area contributed by atoms with E-state index in [1.807, 2.05) is 24.3 Å². The second-order valence-corrected chi connectivity index (χ2v) is 6.67. The van der Waals surface area contributed by atoms with Crippen LogP contribution in [0.5, 0.6) is 0 Å². The molecule has 1 amide bonds. The van der Waals surface area contributed by atoms with E-state index in [-0.39, 0.29) is 6.54 Å². The molecule has 2 aliphatic heterocycles. The van der Waals surface area contributed by atoms with Crippen molar-refractivity contribution >= 4 is 12.0 Å². The summed E-state index contributed by atoms with van der Waals surface area (Å²) in [6, 6.07) is 7.48. The van der Waals surface area contributed by atoms with Gasteiger partial charge in [-0.1, -0.05) is 36.9 Å². The number of amides is 1. The summed E-state index contributed by atoms with van der Waals surface area (Å²) in [5.41, 5.74) is 1.86. The van der Waals surface area contributed by atoms with Crippen LogP contribution >= 0.6 is 0 Å². The molecule has 0 radical (unpaired) electrons. The Kier molecular flexibility index (Phi) is 4.95. The van der Waals surface area contributed by atoms with Crippen molar-refractivity contribution in [1.82, 2.24) is 5.32 Å². The highest BCUT2D eigenvalue weighted by Gasteiger charge is 2.56. The summed E-state index contributed by atoms with van der Waals surface area (Å²) in [7, 11) is 0. The van der Waals surface area contributed by atoms with E-state index < -0.39 is 42.4 Å². The van der Waals surface area contributed by atoms with E-state index in [1.165, 1.54) is 0 Å². The molecule has 7 nitrogen and oxygen atoms in total. The van der Waals surface area contributed by atoms with Gasteiger partial charge in [0.1, 0.15) is 18.3 Å². The van der Waals surface area contributed by atoms with Crippen LogP contribution in [0, 0.1) is 0 Å². The molecule has 3 N–H and O–H groups in total. The third-order valence-electron chi connectivity index (χ3n) is 4.31. The Morgan fingerprint density at radius 3 is 2.64 bits per heavy atom. The van der Waals surface area contributed by atoms with Crippen molar-refractivity contribution in [1.29, 1.82) is 0 Å². The minimum absolute atomic E-state index is 0.253. The van der Waals surface area contributed by atoms with Crippen LogP contribution in [0.15, 0.2) is 30.8 Å². The first-order chi connectivity index (χ1) is 11.8. The molecule has 5 atom stereocenters. The zero-order chi connectivity index (χ0) is 18.2. The van der Waals surface area contributed by atoms with Crippen LogP contribution in [0.2, 0.25) is 0 Å². The van der Waals surface area contributed by atoms with Crippen LogP contribution in [-0.4, -0.2) is 52.6 Å². The molecule has 0 spiro atoms. The third-order valence-corrected chi connectivity index (χ3v) is 4.31. The van der Waals surface area contributed by atoms with Gasteiger partial charge in [0.2, 0.25) is 0 Å². The van der Waals surface area contributed by atoms with Crippen molar-refractivity contribution < 1.29 is 29.2 Å². The quantitative estimate of drug-likeness (QED) is 0.718. The van der Waals surface area contributed by atoms with Crippen molar-refractivity contribution in [3.8, 4) is 0 Å². The molecule has 2 heterocycles. The molecule has 1 unspecified atom stereocenters. The minimum Gasteiger partial charge on any atom is -0.387 e.